The van der Waals surface area contributed by atoms with Gasteiger partial charge in [-0.25, -0.2) is 0 Å². The van der Waals surface area contributed by atoms with Crippen LogP contribution in [-0.2, 0) is 0 Å². The number of rotatable bonds is 6. The van der Waals surface area contributed by atoms with Crippen LogP contribution in [-0.4, -0.2) is 36.0 Å². The fraction of sp³-hybridized carbons (Fsp3) is 0.350. The first-order chi connectivity index (χ1) is 12.9. The van der Waals surface area contributed by atoms with Crippen LogP contribution in [0.2, 0.25) is 0 Å². The Hall–Kier alpha value is -3.09. The van der Waals surface area contributed by atoms with Crippen molar-refractivity contribution in [2.75, 3.05) is 23.3 Å². The molecule has 1 fully saturated rings. The van der Waals surface area contributed by atoms with Crippen molar-refractivity contribution < 1.29 is 9.72 Å². The summed E-state index contributed by atoms with van der Waals surface area (Å²) in [4.78, 5) is 25.4. The minimum atomic E-state index is -0.446. The maximum Gasteiger partial charge on any atom is 0.293 e. The first-order valence-electron chi connectivity index (χ1n) is 9.10. The molecule has 0 aromatic heterocycles. The van der Waals surface area contributed by atoms with Crippen LogP contribution < -0.4 is 15.5 Å². The maximum atomic E-state index is 12.1. The van der Waals surface area contributed by atoms with E-state index in [1.807, 2.05) is 32.0 Å². The number of amides is 1. The van der Waals surface area contributed by atoms with E-state index in [1.54, 1.807) is 12.1 Å². The van der Waals surface area contributed by atoms with E-state index in [9.17, 15) is 14.9 Å². The zero-order chi connectivity index (χ0) is 19.4. The summed E-state index contributed by atoms with van der Waals surface area (Å²) in [6, 6.07) is 14.8. The van der Waals surface area contributed by atoms with Crippen molar-refractivity contribution in [3.05, 3.63) is 64.2 Å². The molecular formula is C20H24N4O3. The molecule has 2 aromatic rings. The number of hydrogen-bond donors (Lipinski definition) is 2. The molecule has 2 aromatic carbocycles. The Labute approximate surface area is 158 Å². The Bertz CT molecular complexity index is 823. The minimum absolute atomic E-state index is 0.0307. The summed E-state index contributed by atoms with van der Waals surface area (Å²) < 4.78 is 0. The van der Waals surface area contributed by atoms with E-state index in [4.69, 9.17) is 0 Å². The summed E-state index contributed by atoms with van der Waals surface area (Å²) in [5.41, 5.74) is 1.81. The molecule has 3 rings (SSSR count). The minimum Gasteiger partial charge on any atom is -0.375 e. The van der Waals surface area contributed by atoms with Crippen LogP contribution in [0.5, 0.6) is 0 Å². The molecule has 1 atom stereocenters. The molecule has 1 saturated heterocycles. The van der Waals surface area contributed by atoms with Gasteiger partial charge < -0.3 is 15.5 Å². The Balaban J connectivity index is 1.73. The van der Waals surface area contributed by atoms with Gasteiger partial charge in [-0.3, -0.25) is 14.9 Å². The summed E-state index contributed by atoms with van der Waals surface area (Å²) in [5, 5.41) is 17.5. The number of carbonyl (C=O) groups is 1. The number of carbonyl (C=O) groups excluding carboxylic acids is 1. The fourth-order valence-electron chi connectivity index (χ4n) is 3.26. The average Bonchev–Trinajstić information content (AvgIpc) is 3.10. The molecule has 1 unspecified atom stereocenters. The van der Waals surface area contributed by atoms with E-state index in [2.05, 4.69) is 27.7 Å². The van der Waals surface area contributed by atoms with Crippen molar-refractivity contribution in [1.82, 2.24) is 5.32 Å². The van der Waals surface area contributed by atoms with E-state index >= 15 is 0 Å². The highest BCUT2D eigenvalue weighted by molar-refractivity contribution is 5.95. The topological polar surface area (TPSA) is 87.5 Å². The summed E-state index contributed by atoms with van der Waals surface area (Å²) in [6.45, 7) is 5.36. The van der Waals surface area contributed by atoms with Crippen molar-refractivity contribution in [2.24, 2.45) is 0 Å². The number of anilines is 2. The van der Waals surface area contributed by atoms with Crippen molar-refractivity contribution in [3.8, 4) is 0 Å². The standard InChI is InChI=1S/C20H24N4O3/c1-14(2)21-20(25)15-8-9-18(19(12-15)24(26)27)22-16-10-11-23(13-16)17-6-4-3-5-7-17/h3-9,12,14,16,22H,10-11,13H2,1-2H3,(H,21,25). The largest absolute Gasteiger partial charge is 0.375 e. The number of hydrogen-bond acceptors (Lipinski definition) is 5. The molecule has 0 bridgehead atoms. The number of nitrogens with zero attached hydrogens (tertiary/aromatic N) is 2. The first kappa shape index (κ1) is 18.7. The SMILES string of the molecule is CC(C)NC(=O)c1ccc(NC2CCN(c3ccccc3)C2)c([N+](=O)[O-])c1. The number of nitro benzene ring substituents is 1. The van der Waals surface area contributed by atoms with Crippen LogP contribution in [0.15, 0.2) is 48.5 Å². The summed E-state index contributed by atoms with van der Waals surface area (Å²) in [6.07, 6.45) is 0.891. The van der Waals surface area contributed by atoms with Crippen molar-refractivity contribution in [3.63, 3.8) is 0 Å². The molecule has 0 radical (unpaired) electrons. The number of benzene rings is 2. The highest BCUT2D eigenvalue weighted by Crippen LogP contribution is 2.29. The quantitative estimate of drug-likeness (QED) is 0.602. The van der Waals surface area contributed by atoms with Crippen LogP contribution in [0.25, 0.3) is 0 Å². The molecule has 7 heteroatoms. The van der Waals surface area contributed by atoms with E-state index in [1.165, 1.54) is 6.07 Å². The van der Waals surface area contributed by atoms with Gasteiger partial charge in [-0.1, -0.05) is 18.2 Å². The van der Waals surface area contributed by atoms with Crippen molar-refractivity contribution in [2.45, 2.75) is 32.4 Å². The molecule has 27 heavy (non-hydrogen) atoms. The molecule has 1 heterocycles. The lowest BCUT2D eigenvalue weighted by molar-refractivity contribution is -0.384. The van der Waals surface area contributed by atoms with Crippen LogP contribution in [0.4, 0.5) is 17.1 Å². The number of nitro groups is 1. The predicted octanol–water partition coefficient (Wildman–Crippen LogP) is 3.42. The molecule has 7 nitrogen and oxygen atoms in total. The zero-order valence-corrected chi connectivity index (χ0v) is 15.5. The first-order valence-corrected chi connectivity index (χ1v) is 9.10. The molecule has 142 valence electrons. The van der Waals surface area contributed by atoms with Gasteiger partial charge in [-0.2, -0.15) is 0 Å². The van der Waals surface area contributed by atoms with Gasteiger partial charge >= 0.3 is 0 Å². The molecule has 0 spiro atoms. The zero-order valence-electron chi connectivity index (χ0n) is 15.5. The highest BCUT2D eigenvalue weighted by Gasteiger charge is 2.25. The van der Waals surface area contributed by atoms with Crippen LogP contribution in [0, 0.1) is 10.1 Å². The third-order valence-electron chi connectivity index (χ3n) is 4.55. The number of nitrogens with one attached hydrogen (secondary N) is 2. The fourth-order valence-corrected chi connectivity index (χ4v) is 3.26. The van der Waals surface area contributed by atoms with Gasteiger partial charge in [0, 0.05) is 42.5 Å². The third-order valence-corrected chi connectivity index (χ3v) is 4.55. The van der Waals surface area contributed by atoms with Gasteiger partial charge in [-0.15, -0.1) is 0 Å². The van der Waals surface area contributed by atoms with Gasteiger partial charge in [0.05, 0.1) is 4.92 Å². The highest BCUT2D eigenvalue weighted by atomic mass is 16.6. The molecule has 0 aliphatic carbocycles. The Morgan fingerprint density at radius 3 is 2.63 bits per heavy atom. The van der Waals surface area contributed by atoms with E-state index in [0.717, 1.165) is 25.2 Å². The molecule has 0 saturated carbocycles. The average molecular weight is 368 g/mol. The Kier molecular flexibility index (Phi) is 5.59. The van der Waals surface area contributed by atoms with Gasteiger partial charge in [-0.05, 0) is 44.5 Å². The number of para-hydroxylation sites is 1. The maximum absolute atomic E-state index is 12.1. The second-order valence-electron chi connectivity index (χ2n) is 7.03. The lowest BCUT2D eigenvalue weighted by Crippen LogP contribution is -2.30. The lowest BCUT2D eigenvalue weighted by atomic mass is 10.1. The molecule has 1 aliphatic heterocycles. The predicted molar refractivity (Wildman–Crippen MR) is 106 cm³/mol. The normalized spacial score (nSPS) is 16.4. The molecular weight excluding hydrogens is 344 g/mol. The smallest absolute Gasteiger partial charge is 0.293 e. The monoisotopic (exact) mass is 368 g/mol. The van der Waals surface area contributed by atoms with Crippen molar-refractivity contribution in [1.29, 1.82) is 0 Å². The molecule has 2 N–H and O–H groups in total. The summed E-state index contributed by atoms with van der Waals surface area (Å²) in [5.74, 6) is -0.309. The van der Waals surface area contributed by atoms with Gasteiger partial charge in [0.15, 0.2) is 0 Å². The lowest BCUT2D eigenvalue weighted by Gasteiger charge is -2.19. The second kappa shape index (κ2) is 8.07. The summed E-state index contributed by atoms with van der Waals surface area (Å²) in [7, 11) is 0. The van der Waals surface area contributed by atoms with Crippen LogP contribution >= 0.6 is 0 Å². The second-order valence-corrected chi connectivity index (χ2v) is 7.03. The van der Waals surface area contributed by atoms with E-state index < -0.39 is 4.92 Å². The van der Waals surface area contributed by atoms with E-state index in [-0.39, 0.29) is 23.7 Å². The van der Waals surface area contributed by atoms with Crippen LogP contribution in [0.1, 0.15) is 30.6 Å². The summed E-state index contributed by atoms with van der Waals surface area (Å²) >= 11 is 0. The Morgan fingerprint density at radius 1 is 1.22 bits per heavy atom. The van der Waals surface area contributed by atoms with Crippen molar-refractivity contribution >= 4 is 23.0 Å². The van der Waals surface area contributed by atoms with Gasteiger partial charge in [0.25, 0.3) is 11.6 Å². The van der Waals surface area contributed by atoms with Crippen LogP contribution in [0.3, 0.4) is 0 Å². The molecule has 1 amide bonds. The van der Waals surface area contributed by atoms with Gasteiger partial charge in [0.2, 0.25) is 0 Å². The molecule has 1 aliphatic rings. The Morgan fingerprint density at radius 2 is 1.96 bits per heavy atom. The van der Waals surface area contributed by atoms with E-state index in [0.29, 0.717) is 11.3 Å². The third kappa shape index (κ3) is 4.55. The van der Waals surface area contributed by atoms with Gasteiger partial charge in [0.1, 0.15) is 5.69 Å².